The van der Waals surface area contributed by atoms with E-state index in [1.807, 2.05) is 19.1 Å². The predicted molar refractivity (Wildman–Crippen MR) is 77.0 cm³/mol. The molecule has 0 unspecified atom stereocenters. The number of benzene rings is 1. The van der Waals surface area contributed by atoms with Gasteiger partial charge in [0.15, 0.2) is 0 Å². The van der Waals surface area contributed by atoms with Crippen LogP contribution in [0.2, 0.25) is 0 Å². The number of amides is 2. The molecule has 1 aromatic carbocycles. The number of H-pyrrole nitrogens is 1. The van der Waals surface area contributed by atoms with E-state index in [9.17, 15) is 9.59 Å². The number of carbonyl (C=O) groups excluding carboxylic acids is 1. The number of urea groups is 1. The van der Waals surface area contributed by atoms with E-state index >= 15 is 0 Å². The number of carboxylic acids is 1. The number of aryl methyl sites for hydroxylation is 1. The zero-order chi connectivity index (χ0) is 15.2. The molecule has 0 aliphatic rings. The minimum absolute atomic E-state index is 0.136. The van der Waals surface area contributed by atoms with Crippen molar-refractivity contribution in [1.29, 1.82) is 0 Å². The second-order valence-corrected chi connectivity index (χ2v) is 4.64. The van der Waals surface area contributed by atoms with Gasteiger partial charge in [-0.25, -0.2) is 14.6 Å². The first-order valence-corrected chi connectivity index (χ1v) is 6.39. The number of nitrogens with one attached hydrogen (secondary N) is 3. The van der Waals surface area contributed by atoms with Crippen molar-refractivity contribution < 1.29 is 14.7 Å². The molecule has 0 saturated heterocycles. The summed E-state index contributed by atoms with van der Waals surface area (Å²) in [6.45, 7) is 1.94. The number of aromatic amines is 1. The summed E-state index contributed by atoms with van der Waals surface area (Å²) in [5, 5.41) is 14.2. The summed E-state index contributed by atoms with van der Waals surface area (Å²) in [5.41, 5.74) is 2.31. The highest BCUT2D eigenvalue weighted by Gasteiger charge is 2.21. The molecule has 2 rings (SSSR count). The predicted octanol–water partition coefficient (Wildman–Crippen LogP) is 1.54. The molecule has 0 saturated carbocycles. The molecule has 2 aromatic rings. The molecule has 0 fully saturated rings. The van der Waals surface area contributed by atoms with Gasteiger partial charge in [-0.3, -0.25) is 0 Å². The van der Waals surface area contributed by atoms with E-state index in [1.165, 1.54) is 12.5 Å². The van der Waals surface area contributed by atoms with Gasteiger partial charge in [0.25, 0.3) is 0 Å². The van der Waals surface area contributed by atoms with Crippen LogP contribution >= 0.6 is 0 Å². The van der Waals surface area contributed by atoms with Crippen LogP contribution in [0.15, 0.2) is 36.8 Å². The molecular weight excluding hydrogens is 272 g/mol. The number of anilines is 1. The molecule has 7 nitrogen and oxygen atoms in total. The van der Waals surface area contributed by atoms with Crippen molar-refractivity contribution in [2.75, 3.05) is 5.32 Å². The van der Waals surface area contributed by atoms with E-state index in [1.54, 1.807) is 12.1 Å². The van der Waals surface area contributed by atoms with Gasteiger partial charge in [-0.1, -0.05) is 17.7 Å². The molecule has 1 atom stereocenters. The molecule has 0 bridgehead atoms. The molecular formula is C14H16N4O3. The Morgan fingerprint density at radius 1 is 1.33 bits per heavy atom. The molecule has 4 N–H and O–H groups in total. The minimum atomic E-state index is -1.11. The van der Waals surface area contributed by atoms with Crippen molar-refractivity contribution in [3.8, 4) is 0 Å². The van der Waals surface area contributed by atoms with E-state index in [2.05, 4.69) is 20.6 Å². The minimum Gasteiger partial charge on any atom is -0.480 e. The quantitative estimate of drug-likeness (QED) is 0.669. The van der Waals surface area contributed by atoms with Gasteiger partial charge in [0.2, 0.25) is 0 Å². The lowest BCUT2D eigenvalue weighted by atomic mass is 10.1. The number of nitrogens with zero attached hydrogens (tertiary/aromatic N) is 1. The summed E-state index contributed by atoms with van der Waals surface area (Å²) >= 11 is 0. The first-order chi connectivity index (χ1) is 10.0. The third kappa shape index (κ3) is 4.34. The van der Waals surface area contributed by atoms with Crippen LogP contribution in [0.3, 0.4) is 0 Å². The Kier molecular flexibility index (Phi) is 4.55. The van der Waals surface area contributed by atoms with E-state index in [-0.39, 0.29) is 6.42 Å². The van der Waals surface area contributed by atoms with Crippen molar-refractivity contribution in [3.05, 3.63) is 48.0 Å². The highest BCUT2D eigenvalue weighted by atomic mass is 16.4. The van der Waals surface area contributed by atoms with Gasteiger partial charge in [0.1, 0.15) is 6.04 Å². The topological polar surface area (TPSA) is 107 Å². The highest BCUT2D eigenvalue weighted by molar-refractivity contribution is 5.92. The average molecular weight is 288 g/mol. The Morgan fingerprint density at radius 2 is 2.05 bits per heavy atom. The molecule has 2 amide bonds. The van der Waals surface area contributed by atoms with Gasteiger partial charge in [-0.15, -0.1) is 0 Å². The van der Waals surface area contributed by atoms with E-state index < -0.39 is 18.0 Å². The maximum absolute atomic E-state index is 11.8. The summed E-state index contributed by atoms with van der Waals surface area (Å²) in [7, 11) is 0. The number of aromatic nitrogens is 2. The lowest BCUT2D eigenvalue weighted by Gasteiger charge is -2.14. The van der Waals surface area contributed by atoms with Crippen LogP contribution in [0, 0.1) is 6.92 Å². The highest BCUT2D eigenvalue weighted by Crippen LogP contribution is 2.08. The maximum Gasteiger partial charge on any atom is 0.326 e. The third-order valence-corrected chi connectivity index (χ3v) is 2.89. The summed E-state index contributed by atoms with van der Waals surface area (Å²) in [6.07, 6.45) is 3.12. The van der Waals surface area contributed by atoms with Crippen LogP contribution in [0.1, 0.15) is 11.3 Å². The van der Waals surface area contributed by atoms with Crippen LogP contribution in [-0.4, -0.2) is 33.1 Å². The van der Waals surface area contributed by atoms with E-state index in [0.29, 0.717) is 11.4 Å². The fraction of sp³-hybridized carbons (Fsp3) is 0.214. The van der Waals surface area contributed by atoms with Gasteiger partial charge >= 0.3 is 12.0 Å². The monoisotopic (exact) mass is 288 g/mol. The van der Waals surface area contributed by atoms with Crippen LogP contribution in [-0.2, 0) is 11.2 Å². The number of carboxylic acid groups (broad SMARTS) is 1. The summed E-state index contributed by atoms with van der Waals surface area (Å²) in [6, 6.07) is 5.62. The maximum atomic E-state index is 11.8. The molecule has 7 heteroatoms. The fourth-order valence-electron chi connectivity index (χ4n) is 1.78. The standard InChI is InChI=1S/C14H16N4O3/c1-9-2-4-10(5-3-9)17-14(21)18-12(13(19)20)6-11-7-15-8-16-11/h2-5,7-8,12H,6H2,1H3,(H,15,16)(H,19,20)(H2,17,18,21)/t12-/m0/s1. The van der Waals surface area contributed by atoms with Crippen molar-refractivity contribution in [2.24, 2.45) is 0 Å². The lowest BCUT2D eigenvalue weighted by molar-refractivity contribution is -0.139. The lowest BCUT2D eigenvalue weighted by Crippen LogP contribution is -2.44. The summed E-state index contributed by atoms with van der Waals surface area (Å²) < 4.78 is 0. The number of carbonyl (C=O) groups is 2. The van der Waals surface area contributed by atoms with Crippen molar-refractivity contribution in [2.45, 2.75) is 19.4 Å². The van der Waals surface area contributed by atoms with Crippen LogP contribution in [0.5, 0.6) is 0 Å². The molecule has 1 heterocycles. The number of aliphatic carboxylic acids is 1. The smallest absolute Gasteiger partial charge is 0.326 e. The number of hydrogen-bond donors (Lipinski definition) is 4. The zero-order valence-corrected chi connectivity index (χ0v) is 11.5. The fourth-order valence-corrected chi connectivity index (χ4v) is 1.78. The summed E-state index contributed by atoms with van der Waals surface area (Å²) in [4.78, 5) is 29.6. The Labute approximate surface area is 121 Å². The summed E-state index contributed by atoms with van der Waals surface area (Å²) in [5.74, 6) is -1.11. The van der Waals surface area contributed by atoms with Crippen molar-refractivity contribution >= 4 is 17.7 Å². The Morgan fingerprint density at radius 3 is 2.62 bits per heavy atom. The zero-order valence-electron chi connectivity index (χ0n) is 11.5. The molecule has 0 spiro atoms. The third-order valence-electron chi connectivity index (χ3n) is 2.89. The molecule has 0 aliphatic heterocycles. The van der Waals surface area contributed by atoms with Crippen LogP contribution in [0.4, 0.5) is 10.5 Å². The molecule has 0 radical (unpaired) electrons. The van der Waals surface area contributed by atoms with Gasteiger partial charge in [0.05, 0.1) is 6.33 Å². The van der Waals surface area contributed by atoms with E-state index in [0.717, 1.165) is 5.56 Å². The van der Waals surface area contributed by atoms with Crippen molar-refractivity contribution in [1.82, 2.24) is 15.3 Å². The van der Waals surface area contributed by atoms with Crippen LogP contribution < -0.4 is 10.6 Å². The van der Waals surface area contributed by atoms with Gasteiger partial charge in [-0.2, -0.15) is 0 Å². The second-order valence-electron chi connectivity index (χ2n) is 4.64. The second kappa shape index (κ2) is 6.56. The normalized spacial score (nSPS) is 11.7. The Balaban J connectivity index is 1.95. The van der Waals surface area contributed by atoms with Gasteiger partial charge in [-0.05, 0) is 19.1 Å². The number of rotatable bonds is 5. The van der Waals surface area contributed by atoms with Crippen LogP contribution in [0.25, 0.3) is 0 Å². The largest absolute Gasteiger partial charge is 0.480 e. The average Bonchev–Trinajstić information content (AvgIpc) is 2.93. The van der Waals surface area contributed by atoms with E-state index in [4.69, 9.17) is 5.11 Å². The molecule has 1 aromatic heterocycles. The SMILES string of the molecule is Cc1ccc(NC(=O)N[C@@H](Cc2cnc[nH]2)C(=O)O)cc1. The molecule has 21 heavy (non-hydrogen) atoms. The van der Waals surface area contributed by atoms with Crippen molar-refractivity contribution in [3.63, 3.8) is 0 Å². The number of imidazole rings is 1. The number of hydrogen-bond acceptors (Lipinski definition) is 3. The first kappa shape index (κ1) is 14.6. The molecule has 0 aliphatic carbocycles. The van der Waals surface area contributed by atoms with Gasteiger partial charge in [0, 0.05) is 24.0 Å². The Hall–Kier alpha value is -2.83. The van der Waals surface area contributed by atoms with Gasteiger partial charge < -0.3 is 20.7 Å². The Bertz CT molecular complexity index is 608. The first-order valence-electron chi connectivity index (χ1n) is 6.39. The molecule has 110 valence electrons.